The van der Waals surface area contributed by atoms with Gasteiger partial charge in [0.2, 0.25) is 11.8 Å². The monoisotopic (exact) mass is 403 g/mol. The van der Waals surface area contributed by atoms with Crippen LogP contribution in [0.4, 0.5) is 17.1 Å². The quantitative estimate of drug-likeness (QED) is 0.485. The summed E-state index contributed by atoms with van der Waals surface area (Å²) >= 11 is 0. The third kappa shape index (κ3) is 6.67. The van der Waals surface area contributed by atoms with Gasteiger partial charge in [-0.05, 0) is 35.9 Å². The SMILES string of the molecule is CCC(=O)Nc1cccc(NC(=O)CNc2cccc(OCc3ccccc3)c2)c1. The van der Waals surface area contributed by atoms with Crippen LogP contribution in [0, 0.1) is 0 Å². The number of ether oxygens (including phenoxy) is 1. The van der Waals surface area contributed by atoms with E-state index in [1.165, 1.54) is 0 Å². The van der Waals surface area contributed by atoms with Crippen molar-refractivity contribution in [2.75, 3.05) is 22.5 Å². The van der Waals surface area contributed by atoms with E-state index in [1.807, 2.05) is 54.6 Å². The first-order valence-electron chi connectivity index (χ1n) is 9.83. The molecule has 3 rings (SSSR count). The number of hydrogen-bond donors (Lipinski definition) is 3. The van der Waals surface area contributed by atoms with Crippen molar-refractivity contribution in [3.8, 4) is 5.75 Å². The van der Waals surface area contributed by atoms with Crippen molar-refractivity contribution in [1.82, 2.24) is 0 Å². The Bertz CT molecular complexity index is 990. The van der Waals surface area contributed by atoms with E-state index in [2.05, 4.69) is 16.0 Å². The van der Waals surface area contributed by atoms with E-state index in [9.17, 15) is 9.59 Å². The molecule has 3 N–H and O–H groups in total. The number of anilines is 3. The van der Waals surface area contributed by atoms with Gasteiger partial charge in [-0.1, -0.05) is 49.4 Å². The predicted molar refractivity (Wildman–Crippen MR) is 120 cm³/mol. The fourth-order valence-corrected chi connectivity index (χ4v) is 2.75. The number of carbonyl (C=O) groups excluding carboxylic acids is 2. The molecule has 0 aliphatic heterocycles. The second-order valence-electron chi connectivity index (χ2n) is 6.69. The molecule has 154 valence electrons. The van der Waals surface area contributed by atoms with Gasteiger partial charge in [0, 0.05) is 29.5 Å². The van der Waals surface area contributed by atoms with Crippen LogP contribution in [0.2, 0.25) is 0 Å². The number of amides is 2. The van der Waals surface area contributed by atoms with E-state index in [4.69, 9.17) is 4.74 Å². The number of hydrogen-bond acceptors (Lipinski definition) is 4. The topological polar surface area (TPSA) is 79.5 Å². The zero-order valence-electron chi connectivity index (χ0n) is 16.9. The second kappa shape index (κ2) is 10.7. The van der Waals surface area contributed by atoms with Crippen LogP contribution in [-0.2, 0) is 16.2 Å². The van der Waals surface area contributed by atoms with E-state index >= 15 is 0 Å². The molecule has 0 aliphatic carbocycles. The number of carbonyl (C=O) groups is 2. The van der Waals surface area contributed by atoms with Gasteiger partial charge in [0.05, 0.1) is 6.54 Å². The molecule has 0 radical (unpaired) electrons. The minimum absolute atomic E-state index is 0.0745. The molecule has 30 heavy (non-hydrogen) atoms. The number of rotatable bonds is 9. The molecule has 0 fully saturated rings. The van der Waals surface area contributed by atoms with Gasteiger partial charge < -0.3 is 20.7 Å². The molecule has 0 saturated heterocycles. The lowest BCUT2D eigenvalue weighted by atomic mass is 10.2. The van der Waals surface area contributed by atoms with Crippen LogP contribution in [-0.4, -0.2) is 18.4 Å². The van der Waals surface area contributed by atoms with Crippen LogP contribution in [0.5, 0.6) is 5.75 Å². The van der Waals surface area contributed by atoms with Crippen LogP contribution < -0.4 is 20.7 Å². The van der Waals surface area contributed by atoms with Crippen LogP contribution in [0.25, 0.3) is 0 Å². The highest BCUT2D eigenvalue weighted by atomic mass is 16.5. The Morgan fingerprint density at radius 1 is 0.767 bits per heavy atom. The van der Waals surface area contributed by atoms with E-state index in [1.54, 1.807) is 31.2 Å². The molecule has 3 aromatic carbocycles. The van der Waals surface area contributed by atoms with Crippen molar-refractivity contribution in [1.29, 1.82) is 0 Å². The second-order valence-corrected chi connectivity index (χ2v) is 6.69. The molecule has 0 bridgehead atoms. The molecule has 0 spiro atoms. The van der Waals surface area contributed by atoms with Gasteiger partial charge in [-0.3, -0.25) is 9.59 Å². The van der Waals surface area contributed by atoms with Gasteiger partial charge in [0.25, 0.3) is 0 Å². The van der Waals surface area contributed by atoms with Gasteiger partial charge >= 0.3 is 0 Å². The van der Waals surface area contributed by atoms with E-state index in [0.29, 0.717) is 24.4 Å². The molecule has 3 aromatic rings. The van der Waals surface area contributed by atoms with Crippen LogP contribution in [0.15, 0.2) is 78.9 Å². The van der Waals surface area contributed by atoms with Crippen molar-refractivity contribution in [3.63, 3.8) is 0 Å². The van der Waals surface area contributed by atoms with Crippen molar-refractivity contribution in [2.45, 2.75) is 20.0 Å². The van der Waals surface area contributed by atoms with Crippen molar-refractivity contribution in [2.24, 2.45) is 0 Å². The largest absolute Gasteiger partial charge is 0.489 e. The number of nitrogens with one attached hydrogen (secondary N) is 3. The maximum absolute atomic E-state index is 12.3. The van der Waals surface area contributed by atoms with Crippen molar-refractivity contribution < 1.29 is 14.3 Å². The van der Waals surface area contributed by atoms with Crippen LogP contribution in [0.3, 0.4) is 0 Å². The molecular formula is C24H25N3O3. The van der Waals surface area contributed by atoms with E-state index < -0.39 is 0 Å². The Kier molecular flexibility index (Phi) is 7.44. The average Bonchev–Trinajstić information content (AvgIpc) is 2.77. The molecule has 0 saturated carbocycles. The molecule has 0 unspecified atom stereocenters. The zero-order valence-corrected chi connectivity index (χ0v) is 16.9. The highest BCUT2D eigenvalue weighted by molar-refractivity contribution is 5.95. The number of benzene rings is 3. The van der Waals surface area contributed by atoms with Gasteiger partial charge in [-0.2, -0.15) is 0 Å². The summed E-state index contributed by atoms with van der Waals surface area (Å²) in [5, 5.41) is 8.69. The highest BCUT2D eigenvalue weighted by Gasteiger charge is 2.05. The first kappa shape index (κ1) is 20.9. The molecule has 0 heterocycles. The maximum Gasteiger partial charge on any atom is 0.243 e. The van der Waals surface area contributed by atoms with Crippen molar-refractivity contribution >= 4 is 28.9 Å². The third-order valence-electron chi connectivity index (χ3n) is 4.29. The average molecular weight is 403 g/mol. The Morgan fingerprint density at radius 3 is 2.17 bits per heavy atom. The first-order chi connectivity index (χ1) is 14.6. The Labute approximate surface area is 176 Å². The standard InChI is InChI=1S/C24H25N3O3/c1-2-23(28)26-20-11-6-12-21(14-20)27-24(29)16-25-19-10-7-13-22(15-19)30-17-18-8-4-3-5-9-18/h3-15,25H,2,16-17H2,1H3,(H,26,28)(H,27,29). The third-order valence-corrected chi connectivity index (χ3v) is 4.29. The van der Waals surface area contributed by atoms with Crippen LogP contribution >= 0.6 is 0 Å². The summed E-state index contributed by atoms with van der Waals surface area (Å²) in [6, 6.07) is 24.5. The molecule has 0 atom stereocenters. The molecule has 6 nitrogen and oxygen atoms in total. The lowest BCUT2D eigenvalue weighted by Crippen LogP contribution is -2.21. The van der Waals surface area contributed by atoms with Crippen LogP contribution in [0.1, 0.15) is 18.9 Å². The summed E-state index contributed by atoms with van der Waals surface area (Å²) in [5.41, 5.74) is 3.15. The summed E-state index contributed by atoms with van der Waals surface area (Å²) in [6.07, 6.45) is 0.397. The fraction of sp³-hybridized carbons (Fsp3) is 0.167. The summed E-state index contributed by atoms with van der Waals surface area (Å²) < 4.78 is 5.81. The fourth-order valence-electron chi connectivity index (χ4n) is 2.75. The highest BCUT2D eigenvalue weighted by Crippen LogP contribution is 2.19. The smallest absolute Gasteiger partial charge is 0.243 e. The zero-order chi connectivity index (χ0) is 21.2. The van der Waals surface area contributed by atoms with Gasteiger partial charge in [0.1, 0.15) is 12.4 Å². The van der Waals surface area contributed by atoms with Gasteiger partial charge in [-0.15, -0.1) is 0 Å². The summed E-state index contributed by atoms with van der Waals surface area (Å²) in [5.74, 6) is 0.461. The molecule has 6 heteroatoms. The first-order valence-corrected chi connectivity index (χ1v) is 9.83. The maximum atomic E-state index is 12.3. The summed E-state index contributed by atoms with van der Waals surface area (Å²) in [6.45, 7) is 2.37. The lowest BCUT2D eigenvalue weighted by molar-refractivity contribution is -0.116. The lowest BCUT2D eigenvalue weighted by Gasteiger charge is -2.11. The molecule has 0 aromatic heterocycles. The molecular weight excluding hydrogens is 378 g/mol. The van der Waals surface area contributed by atoms with Gasteiger partial charge in [-0.25, -0.2) is 0 Å². The van der Waals surface area contributed by atoms with E-state index in [-0.39, 0.29) is 18.4 Å². The van der Waals surface area contributed by atoms with E-state index in [0.717, 1.165) is 17.0 Å². The molecule has 2 amide bonds. The Hall–Kier alpha value is -3.80. The minimum Gasteiger partial charge on any atom is -0.489 e. The predicted octanol–water partition coefficient (Wildman–Crippen LogP) is 4.66. The van der Waals surface area contributed by atoms with Crippen molar-refractivity contribution in [3.05, 3.63) is 84.4 Å². The molecule has 0 aliphatic rings. The normalized spacial score (nSPS) is 10.2. The summed E-state index contributed by atoms with van der Waals surface area (Å²) in [7, 11) is 0. The van der Waals surface area contributed by atoms with Gasteiger partial charge in [0.15, 0.2) is 0 Å². The minimum atomic E-state index is -0.190. The Balaban J connectivity index is 1.50. The Morgan fingerprint density at radius 2 is 1.43 bits per heavy atom. The summed E-state index contributed by atoms with van der Waals surface area (Å²) in [4.78, 5) is 23.8.